The lowest BCUT2D eigenvalue weighted by Gasteiger charge is -2.28. The van der Waals surface area contributed by atoms with Crippen LogP contribution >= 0.6 is 0 Å². The van der Waals surface area contributed by atoms with Crippen LogP contribution < -0.4 is 5.32 Å². The van der Waals surface area contributed by atoms with Crippen molar-refractivity contribution in [3.8, 4) is 0 Å². The van der Waals surface area contributed by atoms with E-state index in [4.69, 9.17) is 0 Å². The highest BCUT2D eigenvalue weighted by molar-refractivity contribution is 7.90. The largest absolute Gasteiger partial charge is 0.348 e. The number of carbonyl (C=O) groups excluding carboxylic acids is 1. The predicted molar refractivity (Wildman–Crippen MR) is 113 cm³/mol. The molecule has 0 aliphatic carbocycles. The van der Waals surface area contributed by atoms with Crippen molar-refractivity contribution in [3.63, 3.8) is 0 Å². The van der Waals surface area contributed by atoms with Crippen LogP contribution in [0.5, 0.6) is 0 Å². The van der Waals surface area contributed by atoms with Crippen LogP contribution in [0.1, 0.15) is 30.4 Å². The minimum Gasteiger partial charge on any atom is -0.348 e. The van der Waals surface area contributed by atoms with Crippen molar-refractivity contribution in [2.24, 2.45) is 4.40 Å². The minimum atomic E-state index is -3.52. The summed E-state index contributed by atoms with van der Waals surface area (Å²) < 4.78 is 27.4. The number of likely N-dealkylation sites (tertiary alicyclic amines) is 1. The van der Waals surface area contributed by atoms with Gasteiger partial charge in [0, 0.05) is 25.8 Å². The number of piperidine rings is 1. The number of benzene rings is 1. The van der Waals surface area contributed by atoms with E-state index in [0.717, 1.165) is 25.2 Å². The zero-order valence-corrected chi connectivity index (χ0v) is 17.2. The monoisotopic (exact) mass is 414 g/mol. The zero-order chi connectivity index (χ0) is 20.3. The van der Waals surface area contributed by atoms with E-state index in [1.807, 2.05) is 12.1 Å². The van der Waals surface area contributed by atoms with Crippen molar-refractivity contribution in [1.29, 1.82) is 0 Å². The number of hydrogen-bond acceptors (Lipinski definition) is 5. The molecule has 1 fully saturated rings. The summed E-state index contributed by atoms with van der Waals surface area (Å²) in [5.74, 6) is -0.166. The number of nitrogens with one attached hydrogen (secondary N) is 1. The van der Waals surface area contributed by atoms with Gasteiger partial charge in [-0.2, -0.15) is 0 Å². The van der Waals surface area contributed by atoms with Gasteiger partial charge in [-0.3, -0.25) is 9.69 Å². The Balaban J connectivity index is 1.36. The second-order valence-electron chi connectivity index (χ2n) is 7.65. The van der Waals surface area contributed by atoms with Crippen LogP contribution in [0.4, 0.5) is 0 Å². The van der Waals surface area contributed by atoms with Crippen LogP contribution in [0.2, 0.25) is 0 Å². The van der Waals surface area contributed by atoms with E-state index in [-0.39, 0.29) is 23.1 Å². The lowest BCUT2D eigenvalue weighted by Crippen LogP contribution is -2.42. The van der Waals surface area contributed by atoms with E-state index >= 15 is 0 Å². The number of amides is 1. The molecule has 1 aromatic carbocycles. The molecule has 0 unspecified atom stereocenters. The molecule has 4 rings (SSSR count). The number of nitrogens with zero attached hydrogens (tertiary/aromatic N) is 3. The molecule has 1 N–H and O–H groups in total. The molecule has 3 aliphatic rings. The molecule has 0 saturated carbocycles. The number of rotatable bonds is 5. The average molecular weight is 415 g/mol. The highest BCUT2D eigenvalue weighted by atomic mass is 32.2. The first-order chi connectivity index (χ1) is 14.0. The summed E-state index contributed by atoms with van der Waals surface area (Å²) in [6.45, 7) is 3.98. The quantitative estimate of drug-likeness (QED) is 0.794. The number of amidine groups is 1. The Morgan fingerprint density at radius 2 is 1.76 bits per heavy atom. The van der Waals surface area contributed by atoms with E-state index in [9.17, 15) is 13.2 Å². The van der Waals surface area contributed by atoms with Crippen molar-refractivity contribution in [1.82, 2.24) is 15.1 Å². The molecule has 1 amide bonds. The number of sulfonamides is 1. The summed E-state index contributed by atoms with van der Waals surface area (Å²) in [5.41, 5.74) is 2.56. The van der Waals surface area contributed by atoms with Crippen LogP contribution in [-0.4, -0.2) is 55.3 Å². The van der Waals surface area contributed by atoms with Gasteiger partial charge < -0.3 is 10.2 Å². The summed E-state index contributed by atoms with van der Waals surface area (Å²) >= 11 is 0. The van der Waals surface area contributed by atoms with Gasteiger partial charge in [-0.25, -0.2) is 8.42 Å². The van der Waals surface area contributed by atoms with E-state index in [0.29, 0.717) is 13.1 Å². The van der Waals surface area contributed by atoms with Crippen molar-refractivity contribution in [2.45, 2.75) is 32.4 Å². The van der Waals surface area contributed by atoms with Crippen LogP contribution in [0.3, 0.4) is 0 Å². The van der Waals surface area contributed by atoms with Gasteiger partial charge in [0.1, 0.15) is 0 Å². The lowest BCUT2D eigenvalue weighted by atomic mass is 10.1. The second-order valence-corrected chi connectivity index (χ2v) is 9.41. The number of hydrogen-bond donors (Lipinski definition) is 1. The molecule has 1 saturated heterocycles. The van der Waals surface area contributed by atoms with Gasteiger partial charge in [-0.1, -0.05) is 30.7 Å². The van der Waals surface area contributed by atoms with Gasteiger partial charge >= 0.3 is 0 Å². The van der Waals surface area contributed by atoms with Crippen molar-refractivity contribution >= 4 is 21.8 Å². The van der Waals surface area contributed by atoms with Crippen LogP contribution in [0.25, 0.3) is 0 Å². The standard InChI is InChI=1S/C21H26N4O3S/c26-21(19-5-4-12-25-13-14-29(27,28)23-20(19)25)22-15-17-6-8-18(9-7-17)16-24-10-2-1-3-11-24/h4-9,12H,1-3,10-11,13-16H2,(H,22,26). The van der Waals surface area contributed by atoms with Crippen molar-refractivity contribution < 1.29 is 13.2 Å². The third kappa shape index (κ3) is 4.94. The molecule has 0 spiro atoms. The molecule has 3 aliphatic heterocycles. The second kappa shape index (κ2) is 8.51. The summed E-state index contributed by atoms with van der Waals surface area (Å²) in [4.78, 5) is 16.8. The topological polar surface area (TPSA) is 82.1 Å². The van der Waals surface area contributed by atoms with Gasteiger partial charge in [0.25, 0.3) is 15.9 Å². The fourth-order valence-corrected chi connectivity index (χ4v) is 4.79. The molecule has 7 nitrogen and oxygen atoms in total. The number of carbonyl (C=O) groups is 1. The summed E-state index contributed by atoms with van der Waals surface area (Å²) in [6.07, 6.45) is 8.97. The summed E-state index contributed by atoms with van der Waals surface area (Å²) in [7, 11) is -3.52. The number of allylic oxidation sites excluding steroid dienone is 2. The van der Waals surface area contributed by atoms with E-state index in [2.05, 4.69) is 26.7 Å². The Kier molecular flexibility index (Phi) is 5.82. The Labute approximate surface area is 171 Å². The first kappa shape index (κ1) is 19.8. The summed E-state index contributed by atoms with van der Waals surface area (Å²) in [5, 5.41) is 2.88. The maximum Gasteiger partial charge on any atom is 0.256 e. The Bertz CT molecular complexity index is 958. The minimum absolute atomic E-state index is 0.0421. The first-order valence-corrected chi connectivity index (χ1v) is 11.7. The average Bonchev–Trinajstić information content (AvgIpc) is 2.73. The highest BCUT2D eigenvalue weighted by Crippen LogP contribution is 2.18. The van der Waals surface area contributed by atoms with Crippen molar-refractivity contribution in [3.05, 3.63) is 59.3 Å². The maximum absolute atomic E-state index is 12.6. The Morgan fingerprint density at radius 3 is 2.52 bits per heavy atom. The SMILES string of the molecule is O=C(NCc1ccc(CN2CCCCC2)cc1)C1=CC=CN2CCS(=O)(=O)N=C12. The van der Waals surface area contributed by atoms with Crippen molar-refractivity contribution in [2.75, 3.05) is 25.4 Å². The van der Waals surface area contributed by atoms with Gasteiger partial charge in [0.15, 0.2) is 5.84 Å². The zero-order valence-electron chi connectivity index (χ0n) is 16.4. The molecule has 154 valence electrons. The Hall–Kier alpha value is -2.45. The van der Waals surface area contributed by atoms with Crippen LogP contribution in [0.15, 0.2) is 52.6 Å². The first-order valence-electron chi connectivity index (χ1n) is 10.1. The molecule has 3 heterocycles. The number of fused-ring (bicyclic) bond motifs is 1. The lowest BCUT2D eigenvalue weighted by molar-refractivity contribution is -0.117. The third-order valence-electron chi connectivity index (χ3n) is 5.43. The smallest absolute Gasteiger partial charge is 0.256 e. The van der Waals surface area contributed by atoms with Crippen LogP contribution in [0, 0.1) is 0 Å². The fourth-order valence-electron chi connectivity index (χ4n) is 3.81. The van der Waals surface area contributed by atoms with E-state index in [1.165, 1.54) is 24.8 Å². The maximum atomic E-state index is 12.6. The van der Waals surface area contributed by atoms with E-state index < -0.39 is 10.0 Å². The molecule has 0 aromatic heterocycles. The summed E-state index contributed by atoms with van der Waals surface area (Å²) in [6, 6.07) is 8.28. The third-order valence-corrected chi connectivity index (χ3v) is 6.58. The fraction of sp³-hybridized carbons (Fsp3) is 0.429. The molecule has 0 bridgehead atoms. The van der Waals surface area contributed by atoms with Gasteiger partial charge in [0.05, 0.1) is 11.3 Å². The van der Waals surface area contributed by atoms with Gasteiger partial charge in [-0.05, 0) is 49.2 Å². The molecule has 0 radical (unpaired) electrons. The van der Waals surface area contributed by atoms with Gasteiger partial charge in [0.2, 0.25) is 0 Å². The Morgan fingerprint density at radius 1 is 1.03 bits per heavy atom. The molecule has 29 heavy (non-hydrogen) atoms. The molecule has 0 atom stereocenters. The highest BCUT2D eigenvalue weighted by Gasteiger charge is 2.29. The van der Waals surface area contributed by atoms with Gasteiger partial charge in [-0.15, -0.1) is 4.40 Å². The molecular formula is C21H26N4O3S. The normalized spacial score (nSPS) is 21.2. The predicted octanol–water partition coefficient (Wildman–Crippen LogP) is 1.79. The molecular weight excluding hydrogens is 388 g/mol. The van der Waals surface area contributed by atoms with E-state index in [1.54, 1.807) is 23.3 Å². The molecule has 1 aromatic rings. The molecule has 8 heteroatoms. The van der Waals surface area contributed by atoms with Crippen LogP contribution in [-0.2, 0) is 27.9 Å².